The molecule has 0 bridgehead atoms. The Morgan fingerprint density at radius 3 is 1.52 bits per heavy atom. The number of hydrogen-bond acceptors (Lipinski definition) is 0. The van der Waals surface area contributed by atoms with Crippen molar-refractivity contribution in [3.8, 4) is 0 Å². The summed E-state index contributed by atoms with van der Waals surface area (Å²) in [6, 6.07) is 0. The van der Waals surface area contributed by atoms with Crippen LogP contribution in [0.25, 0.3) is 4.98 Å². The van der Waals surface area contributed by atoms with Crippen LogP contribution >= 0.6 is 0 Å². The van der Waals surface area contributed by atoms with Crippen molar-refractivity contribution in [3.63, 3.8) is 0 Å². The van der Waals surface area contributed by atoms with E-state index in [4.69, 9.17) is 4.98 Å². The van der Waals surface area contributed by atoms with E-state index in [9.17, 15) is 0 Å². The Morgan fingerprint density at radius 1 is 0.913 bits per heavy atom. The zero-order chi connectivity index (χ0) is 17.7. The van der Waals surface area contributed by atoms with Crippen molar-refractivity contribution >= 4 is 8.24 Å². The molecule has 0 radical (unpaired) electrons. The van der Waals surface area contributed by atoms with E-state index in [1.165, 1.54) is 0 Å². The summed E-state index contributed by atoms with van der Waals surface area (Å²) >= 11 is 0. The van der Waals surface area contributed by atoms with Crippen LogP contribution in [0, 0.1) is 23.7 Å². The molecule has 0 N–H and O–H groups in total. The van der Waals surface area contributed by atoms with Crippen LogP contribution in [0.2, 0.25) is 18.6 Å². The zero-order valence-corrected chi connectivity index (χ0v) is 19.8. The summed E-state index contributed by atoms with van der Waals surface area (Å²) < 4.78 is 0. The van der Waals surface area contributed by atoms with E-state index in [0.29, 0.717) is 0 Å². The predicted molar refractivity (Wildman–Crippen MR) is 106 cm³/mol. The first kappa shape index (κ1) is 25.6. The maximum absolute atomic E-state index is 5.23. The quantitative estimate of drug-likeness (QED) is 0.374. The molecule has 0 aromatic rings. The smallest absolute Gasteiger partial charge is 0 e. The van der Waals surface area contributed by atoms with Gasteiger partial charge < -0.3 is 4.98 Å². The molecule has 1 rings (SSSR count). The minimum absolute atomic E-state index is 0. The van der Waals surface area contributed by atoms with Crippen LogP contribution < -0.4 is 0 Å². The summed E-state index contributed by atoms with van der Waals surface area (Å²) in [6.07, 6.45) is 5.58. The summed E-state index contributed by atoms with van der Waals surface area (Å²) in [7, 11) is -1.49. The topological polar surface area (TPSA) is 14.1 Å². The zero-order valence-electron chi connectivity index (χ0n) is 17.3. The van der Waals surface area contributed by atoms with Crippen LogP contribution in [0.4, 0.5) is 0 Å². The summed E-state index contributed by atoms with van der Waals surface area (Å²) in [6.45, 7) is 26.9. The Hall–Kier alpha value is 0.371. The second-order valence-electron chi connectivity index (χ2n) is 8.66. The van der Waals surface area contributed by atoms with Gasteiger partial charge in [0.2, 0.25) is 0 Å². The molecular formula is C20H40NSiTi-. The van der Waals surface area contributed by atoms with Gasteiger partial charge in [0, 0.05) is 21.7 Å². The van der Waals surface area contributed by atoms with E-state index >= 15 is 0 Å². The van der Waals surface area contributed by atoms with E-state index < -0.39 is 8.24 Å². The molecule has 4 unspecified atom stereocenters. The Balaban J connectivity index is 0. The van der Waals surface area contributed by atoms with Crippen molar-refractivity contribution in [2.45, 2.75) is 79.6 Å². The molecule has 1 aliphatic carbocycles. The Kier molecular flexibility index (Phi) is 11.6. The van der Waals surface area contributed by atoms with Crippen molar-refractivity contribution in [1.82, 2.24) is 0 Å². The molecule has 1 nitrogen and oxygen atoms in total. The molecule has 0 aliphatic heterocycles. The van der Waals surface area contributed by atoms with Crippen molar-refractivity contribution in [2.75, 3.05) is 0 Å². The molecule has 23 heavy (non-hydrogen) atoms. The Labute approximate surface area is 162 Å². The third-order valence-corrected chi connectivity index (χ3v) is 9.32. The minimum atomic E-state index is -1.49. The van der Waals surface area contributed by atoms with Gasteiger partial charge in [-0.15, -0.1) is 5.54 Å². The van der Waals surface area contributed by atoms with E-state index in [0.717, 1.165) is 29.2 Å². The van der Waals surface area contributed by atoms with E-state index in [1.807, 2.05) is 19.1 Å². The van der Waals surface area contributed by atoms with E-state index in [1.54, 1.807) is 6.08 Å². The summed E-state index contributed by atoms with van der Waals surface area (Å²) in [5, 5.41) is 0. The third kappa shape index (κ3) is 7.86. The fourth-order valence-corrected chi connectivity index (χ4v) is 9.51. The van der Waals surface area contributed by atoms with Crippen LogP contribution in [0.3, 0.4) is 0 Å². The molecule has 3 heteroatoms. The van der Waals surface area contributed by atoms with Crippen molar-refractivity contribution in [1.29, 1.82) is 0 Å². The van der Waals surface area contributed by atoms with Crippen molar-refractivity contribution < 1.29 is 21.7 Å². The predicted octanol–water partition coefficient (Wildman–Crippen LogP) is 7.04. The molecule has 0 heterocycles. The molecule has 0 saturated heterocycles. The largest absolute Gasteiger partial charge is 0.660 e. The van der Waals surface area contributed by atoms with Gasteiger partial charge in [-0.05, 0) is 30.6 Å². The van der Waals surface area contributed by atoms with Crippen LogP contribution in [-0.4, -0.2) is 13.8 Å². The minimum Gasteiger partial charge on any atom is -0.660 e. The fraction of sp³-hybridized carbons (Fsp3) is 0.800. The first-order valence-corrected chi connectivity index (χ1v) is 11.9. The van der Waals surface area contributed by atoms with Gasteiger partial charge in [0.25, 0.3) is 0 Å². The molecular weight excluding hydrogens is 330 g/mol. The molecule has 4 atom stereocenters. The number of allylic oxidation sites excluding steroid dienone is 3. The molecule has 1 fully saturated rings. The normalized spacial score (nSPS) is 31.3. The van der Waals surface area contributed by atoms with Gasteiger partial charge in [0.15, 0.2) is 0 Å². The van der Waals surface area contributed by atoms with Gasteiger partial charge in [-0.2, -0.15) is 0 Å². The van der Waals surface area contributed by atoms with Gasteiger partial charge in [-0.1, -0.05) is 100 Å². The second-order valence-corrected chi connectivity index (χ2v) is 12.9. The fourth-order valence-electron chi connectivity index (χ4n) is 4.45. The van der Waals surface area contributed by atoms with E-state index in [2.05, 4.69) is 68.1 Å². The number of rotatable bonds is 3. The second kappa shape index (κ2) is 10.4. The van der Waals surface area contributed by atoms with Crippen LogP contribution in [0.5, 0.6) is 0 Å². The standard InChI is InChI=1S/C15H32NSi.C5H8.Ti/c1-10-11(2)13(4)14(12(10)3)17(8,9)16-15(5,6)7;1-3-5-4-2;/h10-14H,1-9H3;3-5H,1H2,2H3;/q-1;;. The average Bonchev–Trinajstić information content (AvgIpc) is 2.53. The average molecular weight is 371 g/mol. The summed E-state index contributed by atoms with van der Waals surface area (Å²) in [5.41, 5.74) is 0.983. The monoisotopic (exact) mass is 370 g/mol. The SMILES string of the molecule is C=CC=CC.CC1C(C)C(C)C([Si](C)(C)[N-]C(C)(C)C)C1C.[Ti]. The molecule has 0 spiro atoms. The van der Waals surface area contributed by atoms with Gasteiger partial charge in [-0.3, -0.25) is 0 Å². The summed E-state index contributed by atoms with van der Waals surface area (Å²) in [4.78, 5) is 5.23. The molecule has 0 amide bonds. The maximum atomic E-state index is 5.23. The molecule has 134 valence electrons. The van der Waals surface area contributed by atoms with Crippen LogP contribution in [0.1, 0.15) is 55.4 Å². The van der Waals surface area contributed by atoms with Gasteiger partial charge >= 0.3 is 0 Å². The van der Waals surface area contributed by atoms with Gasteiger partial charge in [0.1, 0.15) is 0 Å². The van der Waals surface area contributed by atoms with Gasteiger partial charge in [0.05, 0.1) is 0 Å². The first-order chi connectivity index (χ1) is 9.89. The van der Waals surface area contributed by atoms with Crippen LogP contribution in [-0.2, 0) is 21.7 Å². The molecule has 0 aromatic heterocycles. The van der Waals surface area contributed by atoms with Crippen LogP contribution in [0.15, 0.2) is 24.8 Å². The third-order valence-electron chi connectivity index (χ3n) is 5.39. The van der Waals surface area contributed by atoms with E-state index in [-0.39, 0.29) is 27.3 Å². The molecule has 1 aliphatic rings. The Morgan fingerprint density at radius 2 is 1.30 bits per heavy atom. The number of nitrogens with zero attached hydrogens (tertiary/aromatic N) is 1. The first-order valence-electron chi connectivity index (χ1n) is 8.86. The Bertz CT molecular complexity index is 356. The maximum Gasteiger partial charge on any atom is 0 e. The van der Waals surface area contributed by atoms with Crippen molar-refractivity contribution in [3.05, 3.63) is 29.8 Å². The molecule has 1 saturated carbocycles. The summed E-state index contributed by atoms with van der Waals surface area (Å²) in [5.74, 6) is 3.40. The van der Waals surface area contributed by atoms with Gasteiger partial charge in [-0.25, -0.2) is 0 Å². The van der Waals surface area contributed by atoms with Crippen molar-refractivity contribution in [2.24, 2.45) is 23.7 Å². The molecule has 0 aromatic carbocycles. The number of hydrogen-bond donors (Lipinski definition) is 0.